The van der Waals surface area contributed by atoms with Crippen molar-refractivity contribution < 1.29 is 24.2 Å². The van der Waals surface area contributed by atoms with Crippen LogP contribution in [-0.4, -0.2) is 30.8 Å². The summed E-state index contributed by atoms with van der Waals surface area (Å²) in [5.41, 5.74) is 1.45. The molecule has 0 unspecified atom stereocenters. The van der Waals surface area contributed by atoms with Gasteiger partial charge in [0.1, 0.15) is 5.75 Å². The van der Waals surface area contributed by atoms with Crippen molar-refractivity contribution in [2.45, 2.75) is 19.8 Å². The average molecular weight is 278 g/mol. The van der Waals surface area contributed by atoms with E-state index in [2.05, 4.69) is 0 Å². The van der Waals surface area contributed by atoms with Crippen LogP contribution < -0.4 is 4.74 Å². The predicted molar refractivity (Wildman–Crippen MR) is 74.6 cm³/mol. The number of rotatable bonds is 7. The Kier molecular flexibility index (Phi) is 6.29. The van der Waals surface area contributed by atoms with Crippen molar-refractivity contribution in [2.75, 3.05) is 13.7 Å². The molecule has 0 aliphatic rings. The fourth-order valence-electron chi connectivity index (χ4n) is 1.68. The third-order valence-corrected chi connectivity index (χ3v) is 2.55. The van der Waals surface area contributed by atoms with E-state index >= 15 is 0 Å². The number of aliphatic carboxylic acids is 1. The highest BCUT2D eigenvalue weighted by Crippen LogP contribution is 2.21. The van der Waals surface area contributed by atoms with Gasteiger partial charge in [0.15, 0.2) is 0 Å². The zero-order chi connectivity index (χ0) is 15.0. The Morgan fingerprint density at radius 2 is 2.10 bits per heavy atom. The molecule has 1 aromatic rings. The Morgan fingerprint density at radius 3 is 2.70 bits per heavy atom. The molecule has 1 rings (SSSR count). The molecule has 0 amide bonds. The maximum absolute atomic E-state index is 11.2. The third kappa shape index (κ3) is 5.14. The summed E-state index contributed by atoms with van der Waals surface area (Å²) < 4.78 is 9.97. The summed E-state index contributed by atoms with van der Waals surface area (Å²) in [6, 6.07) is 5.22. The van der Waals surface area contributed by atoms with Crippen LogP contribution in [0.15, 0.2) is 24.3 Å². The molecular formula is C15H18O5. The molecule has 5 heteroatoms. The Morgan fingerprint density at radius 1 is 1.35 bits per heavy atom. The minimum absolute atomic E-state index is 0.0873. The molecule has 108 valence electrons. The first-order valence-corrected chi connectivity index (χ1v) is 6.27. The number of carbonyl (C=O) groups is 2. The first-order valence-electron chi connectivity index (χ1n) is 6.27. The van der Waals surface area contributed by atoms with Gasteiger partial charge in [0.2, 0.25) is 0 Å². The summed E-state index contributed by atoms with van der Waals surface area (Å²) in [7, 11) is 1.49. The molecule has 0 fully saturated rings. The summed E-state index contributed by atoms with van der Waals surface area (Å²) in [6.07, 6.45) is 3.58. The minimum Gasteiger partial charge on any atom is -0.496 e. The van der Waals surface area contributed by atoms with Crippen molar-refractivity contribution in [2.24, 2.45) is 0 Å². The van der Waals surface area contributed by atoms with Gasteiger partial charge in [0.05, 0.1) is 26.6 Å². The highest BCUT2D eigenvalue weighted by atomic mass is 16.5. The maximum atomic E-state index is 11.2. The van der Waals surface area contributed by atoms with E-state index in [0.29, 0.717) is 17.9 Å². The van der Waals surface area contributed by atoms with Crippen molar-refractivity contribution in [1.29, 1.82) is 0 Å². The Balaban J connectivity index is 2.75. The van der Waals surface area contributed by atoms with Gasteiger partial charge in [0.25, 0.3) is 0 Å². The van der Waals surface area contributed by atoms with E-state index in [1.165, 1.54) is 7.11 Å². The van der Waals surface area contributed by atoms with Gasteiger partial charge in [-0.3, -0.25) is 9.59 Å². The third-order valence-electron chi connectivity index (χ3n) is 2.55. The summed E-state index contributed by atoms with van der Waals surface area (Å²) in [5.74, 6) is -0.669. The van der Waals surface area contributed by atoms with Gasteiger partial charge in [-0.25, -0.2) is 0 Å². The van der Waals surface area contributed by atoms with Gasteiger partial charge in [0, 0.05) is 5.56 Å². The van der Waals surface area contributed by atoms with Crippen molar-refractivity contribution >= 4 is 18.0 Å². The Hall–Kier alpha value is -2.30. The van der Waals surface area contributed by atoms with Crippen molar-refractivity contribution in [3.63, 3.8) is 0 Å². The zero-order valence-electron chi connectivity index (χ0n) is 11.6. The summed E-state index contributed by atoms with van der Waals surface area (Å²) >= 11 is 0. The fraction of sp³-hybridized carbons (Fsp3) is 0.333. The standard InChI is InChI=1S/C15H18O5/c1-3-20-15(18)6-4-5-11-7-8-12(10-14(16)17)13(9-11)19-2/h4-5,7-9H,3,6,10H2,1-2H3,(H,16,17). The largest absolute Gasteiger partial charge is 0.496 e. The van der Waals surface area contributed by atoms with Crippen LogP contribution in [0, 0.1) is 0 Å². The lowest BCUT2D eigenvalue weighted by atomic mass is 10.1. The highest BCUT2D eigenvalue weighted by molar-refractivity contribution is 5.73. The van der Waals surface area contributed by atoms with Crippen molar-refractivity contribution in [3.8, 4) is 5.75 Å². The smallest absolute Gasteiger partial charge is 0.309 e. The number of hydrogen-bond acceptors (Lipinski definition) is 4. The molecule has 1 N–H and O–H groups in total. The van der Waals surface area contributed by atoms with Gasteiger partial charge in [-0.15, -0.1) is 0 Å². The number of esters is 1. The predicted octanol–water partition coefficient (Wildman–Crippen LogP) is 2.29. The normalized spacial score (nSPS) is 10.5. The molecule has 0 saturated heterocycles. The summed E-state index contributed by atoms with van der Waals surface area (Å²) in [5, 5.41) is 8.79. The van der Waals surface area contributed by atoms with E-state index in [1.807, 2.05) is 0 Å². The van der Waals surface area contributed by atoms with Crippen LogP contribution >= 0.6 is 0 Å². The molecule has 5 nitrogen and oxygen atoms in total. The van der Waals surface area contributed by atoms with Gasteiger partial charge in [-0.2, -0.15) is 0 Å². The second kappa shape index (κ2) is 7.99. The first-order chi connectivity index (χ1) is 9.56. The van der Waals surface area contributed by atoms with Crippen LogP contribution in [0.1, 0.15) is 24.5 Å². The molecular weight excluding hydrogens is 260 g/mol. The van der Waals surface area contributed by atoms with E-state index < -0.39 is 5.97 Å². The number of hydrogen-bond donors (Lipinski definition) is 1. The quantitative estimate of drug-likeness (QED) is 0.775. The highest BCUT2D eigenvalue weighted by Gasteiger charge is 2.07. The van der Waals surface area contributed by atoms with E-state index in [1.54, 1.807) is 37.3 Å². The minimum atomic E-state index is -0.908. The molecule has 0 aromatic heterocycles. The number of benzene rings is 1. The Bertz CT molecular complexity index is 505. The molecule has 1 aromatic carbocycles. The molecule has 0 radical (unpaired) electrons. The van der Waals surface area contributed by atoms with Gasteiger partial charge in [-0.05, 0) is 18.6 Å². The zero-order valence-corrected chi connectivity index (χ0v) is 11.6. The number of carboxylic acids is 1. The SMILES string of the molecule is CCOC(=O)CC=Cc1ccc(CC(=O)O)c(OC)c1. The summed E-state index contributed by atoms with van der Waals surface area (Å²) in [6.45, 7) is 2.12. The van der Waals surface area contributed by atoms with E-state index in [9.17, 15) is 9.59 Å². The van der Waals surface area contributed by atoms with Crippen LogP contribution in [0.3, 0.4) is 0 Å². The second-order valence-electron chi connectivity index (χ2n) is 4.05. The lowest BCUT2D eigenvalue weighted by Gasteiger charge is -2.07. The number of carbonyl (C=O) groups excluding carboxylic acids is 1. The topological polar surface area (TPSA) is 72.8 Å². The van der Waals surface area contributed by atoms with Crippen LogP contribution in [0.25, 0.3) is 6.08 Å². The second-order valence-corrected chi connectivity index (χ2v) is 4.05. The van der Waals surface area contributed by atoms with Gasteiger partial charge in [-0.1, -0.05) is 24.3 Å². The fourth-order valence-corrected chi connectivity index (χ4v) is 1.68. The van der Waals surface area contributed by atoms with Crippen LogP contribution in [-0.2, 0) is 20.7 Å². The lowest BCUT2D eigenvalue weighted by molar-refractivity contribution is -0.142. The number of methoxy groups -OCH3 is 1. The van der Waals surface area contributed by atoms with Crippen LogP contribution in [0.4, 0.5) is 0 Å². The van der Waals surface area contributed by atoms with Crippen molar-refractivity contribution in [1.82, 2.24) is 0 Å². The summed E-state index contributed by atoms with van der Waals surface area (Å²) in [4.78, 5) is 21.9. The van der Waals surface area contributed by atoms with Crippen LogP contribution in [0.2, 0.25) is 0 Å². The molecule has 0 aliphatic carbocycles. The van der Waals surface area contributed by atoms with Crippen molar-refractivity contribution in [3.05, 3.63) is 35.4 Å². The van der Waals surface area contributed by atoms with E-state index in [-0.39, 0.29) is 18.8 Å². The Labute approximate surface area is 117 Å². The molecule has 0 bridgehead atoms. The molecule has 20 heavy (non-hydrogen) atoms. The monoisotopic (exact) mass is 278 g/mol. The lowest BCUT2D eigenvalue weighted by Crippen LogP contribution is -2.02. The van der Waals surface area contributed by atoms with Crippen LogP contribution in [0.5, 0.6) is 5.75 Å². The van der Waals surface area contributed by atoms with E-state index in [0.717, 1.165) is 5.56 Å². The van der Waals surface area contributed by atoms with Gasteiger partial charge < -0.3 is 14.6 Å². The molecule has 0 saturated carbocycles. The molecule has 0 spiro atoms. The molecule has 0 heterocycles. The first kappa shape index (κ1) is 15.8. The molecule has 0 aliphatic heterocycles. The average Bonchev–Trinajstić information content (AvgIpc) is 2.40. The maximum Gasteiger partial charge on any atom is 0.309 e. The number of ether oxygens (including phenoxy) is 2. The van der Waals surface area contributed by atoms with E-state index in [4.69, 9.17) is 14.6 Å². The van der Waals surface area contributed by atoms with Gasteiger partial charge >= 0.3 is 11.9 Å². The molecule has 0 atom stereocenters. The number of carboxylic acid groups (broad SMARTS) is 1.